The number of benzene rings is 1. The number of phenolic OH excluding ortho intramolecular Hbond substituents is 1. The van der Waals surface area contributed by atoms with E-state index in [9.17, 15) is 9.18 Å². The van der Waals surface area contributed by atoms with E-state index < -0.39 is 11.7 Å². The third kappa shape index (κ3) is 1.55. The van der Waals surface area contributed by atoms with Gasteiger partial charge in [-0.05, 0) is 28.1 Å². The van der Waals surface area contributed by atoms with Gasteiger partial charge in [0.15, 0.2) is 0 Å². The molecule has 0 bridgehead atoms. The molecule has 1 amide bonds. The smallest absolute Gasteiger partial charge is 0.251 e. The van der Waals surface area contributed by atoms with Gasteiger partial charge >= 0.3 is 0 Å². The molecule has 1 aromatic carbocycles. The summed E-state index contributed by atoms with van der Waals surface area (Å²) in [5, 5.41) is 9.05. The van der Waals surface area contributed by atoms with Gasteiger partial charge in [0.25, 0.3) is 5.91 Å². The van der Waals surface area contributed by atoms with Crippen LogP contribution in [0.25, 0.3) is 0 Å². The molecule has 0 saturated carbocycles. The average molecular weight is 234 g/mol. The lowest BCUT2D eigenvalue weighted by atomic mass is 10.2. The van der Waals surface area contributed by atoms with Crippen LogP contribution >= 0.6 is 15.9 Å². The number of nitrogens with two attached hydrogens (primary N) is 1. The van der Waals surface area contributed by atoms with E-state index in [2.05, 4.69) is 15.9 Å². The first-order chi connectivity index (χ1) is 5.52. The fraction of sp³-hybridized carbons (Fsp3) is 0. The maximum atomic E-state index is 12.8. The molecule has 1 aromatic rings. The van der Waals surface area contributed by atoms with Crippen LogP contribution in [0.5, 0.6) is 5.75 Å². The summed E-state index contributed by atoms with van der Waals surface area (Å²) in [6, 6.07) is 1.96. The largest absolute Gasteiger partial charge is 0.507 e. The molecule has 3 nitrogen and oxygen atoms in total. The lowest BCUT2D eigenvalue weighted by molar-refractivity contribution is 0.0996. The Labute approximate surface area is 76.1 Å². The number of hydrogen-bond acceptors (Lipinski definition) is 2. The van der Waals surface area contributed by atoms with Crippen LogP contribution < -0.4 is 5.73 Å². The molecule has 1 rings (SSSR count). The Morgan fingerprint density at radius 3 is 2.67 bits per heavy atom. The molecule has 0 radical (unpaired) electrons. The summed E-state index contributed by atoms with van der Waals surface area (Å²) in [7, 11) is 0. The number of phenols is 1. The van der Waals surface area contributed by atoms with Crippen molar-refractivity contribution in [1.29, 1.82) is 0 Å². The van der Waals surface area contributed by atoms with Crippen LogP contribution in [0.1, 0.15) is 10.4 Å². The molecule has 0 saturated heterocycles. The normalized spacial score (nSPS) is 9.83. The molecule has 0 aliphatic carbocycles. The highest BCUT2D eigenvalue weighted by atomic mass is 79.9. The first-order valence-electron chi connectivity index (χ1n) is 3.00. The molecule has 3 N–H and O–H groups in total. The molecule has 0 aromatic heterocycles. The number of halogens is 2. The maximum absolute atomic E-state index is 12.8. The van der Waals surface area contributed by atoms with E-state index in [-0.39, 0.29) is 15.8 Å². The third-order valence-electron chi connectivity index (χ3n) is 1.30. The lowest BCUT2D eigenvalue weighted by Crippen LogP contribution is -2.12. The fourth-order valence-electron chi connectivity index (χ4n) is 0.726. The fourth-order valence-corrected chi connectivity index (χ4v) is 1.04. The van der Waals surface area contributed by atoms with Crippen molar-refractivity contribution < 1.29 is 14.3 Å². The Hall–Kier alpha value is -1.10. The molecule has 12 heavy (non-hydrogen) atoms. The van der Waals surface area contributed by atoms with E-state index in [1.165, 1.54) is 0 Å². The predicted octanol–water partition coefficient (Wildman–Crippen LogP) is 1.39. The molecular formula is C7H5BrFNO2. The standard InChI is InChI=1S/C7H5BrFNO2/c8-4-2-5(9)3(7(10)12)1-6(4)11/h1-2,11H,(H2,10,12). The Balaban J connectivity index is 3.33. The van der Waals surface area contributed by atoms with Crippen molar-refractivity contribution >= 4 is 21.8 Å². The van der Waals surface area contributed by atoms with E-state index in [0.29, 0.717) is 0 Å². The van der Waals surface area contributed by atoms with Gasteiger partial charge < -0.3 is 10.8 Å². The van der Waals surface area contributed by atoms with Crippen LogP contribution in [0.3, 0.4) is 0 Å². The first-order valence-corrected chi connectivity index (χ1v) is 3.79. The highest BCUT2D eigenvalue weighted by Crippen LogP contribution is 2.26. The van der Waals surface area contributed by atoms with Gasteiger partial charge in [-0.15, -0.1) is 0 Å². The summed E-state index contributed by atoms with van der Waals surface area (Å²) < 4.78 is 13.0. The van der Waals surface area contributed by atoms with Gasteiger partial charge in [0.1, 0.15) is 11.6 Å². The Morgan fingerprint density at radius 1 is 1.58 bits per heavy atom. The first kappa shape index (κ1) is 8.99. The van der Waals surface area contributed by atoms with Gasteiger partial charge in [0, 0.05) is 0 Å². The number of rotatable bonds is 1. The maximum Gasteiger partial charge on any atom is 0.251 e. The SMILES string of the molecule is NC(=O)c1cc(O)c(Br)cc1F. The van der Waals surface area contributed by atoms with Gasteiger partial charge in [-0.2, -0.15) is 0 Å². The van der Waals surface area contributed by atoms with E-state index in [4.69, 9.17) is 10.8 Å². The number of carbonyl (C=O) groups excluding carboxylic acids is 1. The molecule has 0 fully saturated rings. The Morgan fingerprint density at radius 2 is 2.17 bits per heavy atom. The number of aromatic hydroxyl groups is 1. The zero-order valence-electron chi connectivity index (χ0n) is 5.84. The van der Waals surface area contributed by atoms with Crippen molar-refractivity contribution in [3.63, 3.8) is 0 Å². The second-order valence-corrected chi connectivity index (χ2v) is 3.00. The number of amides is 1. The van der Waals surface area contributed by atoms with Crippen molar-refractivity contribution in [3.05, 3.63) is 28.0 Å². The molecule has 0 aliphatic rings. The Bertz CT molecular complexity index is 340. The highest BCUT2D eigenvalue weighted by molar-refractivity contribution is 9.10. The topological polar surface area (TPSA) is 63.3 Å². The third-order valence-corrected chi connectivity index (χ3v) is 1.94. The number of carbonyl (C=O) groups is 1. The van der Waals surface area contributed by atoms with Crippen LogP contribution in [0.4, 0.5) is 4.39 Å². The van der Waals surface area contributed by atoms with Gasteiger partial charge in [-0.25, -0.2) is 4.39 Å². The molecule has 0 atom stereocenters. The molecule has 0 unspecified atom stereocenters. The van der Waals surface area contributed by atoms with Crippen molar-refractivity contribution in [1.82, 2.24) is 0 Å². The summed E-state index contributed by atoms with van der Waals surface area (Å²) in [6.07, 6.45) is 0. The number of primary amides is 1. The number of hydrogen-bond donors (Lipinski definition) is 2. The van der Waals surface area contributed by atoms with Crippen LogP contribution in [0.2, 0.25) is 0 Å². The summed E-state index contributed by atoms with van der Waals surface area (Å²) in [6.45, 7) is 0. The monoisotopic (exact) mass is 233 g/mol. The van der Waals surface area contributed by atoms with Gasteiger partial charge in [0.2, 0.25) is 0 Å². The molecule has 0 spiro atoms. The van der Waals surface area contributed by atoms with Crippen molar-refractivity contribution in [3.8, 4) is 5.75 Å². The van der Waals surface area contributed by atoms with Gasteiger partial charge in [0.05, 0.1) is 10.0 Å². The van der Waals surface area contributed by atoms with E-state index in [1.54, 1.807) is 0 Å². The molecule has 0 aliphatic heterocycles. The lowest BCUT2D eigenvalue weighted by Gasteiger charge is -2.00. The highest BCUT2D eigenvalue weighted by Gasteiger charge is 2.11. The van der Waals surface area contributed by atoms with Crippen LogP contribution in [0, 0.1) is 5.82 Å². The van der Waals surface area contributed by atoms with E-state index in [0.717, 1.165) is 12.1 Å². The van der Waals surface area contributed by atoms with E-state index >= 15 is 0 Å². The predicted molar refractivity (Wildman–Crippen MR) is 44.3 cm³/mol. The Kier molecular flexibility index (Phi) is 2.32. The zero-order valence-corrected chi connectivity index (χ0v) is 7.43. The van der Waals surface area contributed by atoms with Crippen molar-refractivity contribution in [2.24, 2.45) is 5.73 Å². The van der Waals surface area contributed by atoms with Gasteiger partial charge in [-0.1, -0.05) is 0 Å². The average Bonchev–Trinajstić information content (AvgIpc) is 1.96. The summed E-state index contributed by atoms with van der Waals surface area (Å²) in [4.78, 5) is 10.5. The molecular weight excluding hydrogens is 229 g/mol. The second-order valence-electron chi connectivity index (χ2n) is 2.15. The van der Waals surface area contributed by atoms with Gasteiger partial charge in [-0.3, -0.25) is 4.79 Å². The summed E-state index contributed by atoms with van der Waals surface area (Å²) in [5.74, 6) is -1.88. The minimum Gasteiger partial charge on any atom is -0.507 e. The minimum atomic E-state index is -0.907. The van der Waals surface area contributed by atoms with E-state index in [1.807, 2.05) is 0 Å². The summed E-state index contributed by atoms with van der Waals surface area (Å²) in [5.41, 5.74) is 4.50. The zero-order chi connectivity index (χ0) is 9.30. The van der Waals surface area contributed by atoms with Crippen LogP contribution in [-0.4, -0.2) is 11.0 Å². The van der Waals surface area contributed by atoms with Crippen molar-refractivity contribution in [2.45, 2.75) is 0 Å². The summed E-state index contributed by atoms with van der Waals surface area (Å²) >= 11 is 2.89. The minimum absolute atomic E-state index is 0.185. The van der Waals surface area contributed by atoms with Crippen LogP contribution in [0.15, 0.2) is 16.6 Å². The molecule has 0 heterocycles. The quantitative estimate of drug-likeness (QED) is 0.771. The second kappa shape index (κ2) is 3.10. The molecule has 64 valence electrons. The van der Waals surface area contributed by atoms with Crippen LogP contribution in [-0.2, 0) is 0 Å². The van der Waals surface area contributed by atoms with Crippen molar-refractivity contribution in [2.75, 3.05) is 0 Å². The molecule has 5 heteroatoms.